The molecular formula is C13H11ClF3N4. The lowest BCUT2D eigenvalue weighted by Crippen LogP contribution is -2.12. The molecule has 2 rings (SSSR count). The molecular weight excluding hydrogens is 305 g/mol. The first-order chi connectivity index (χ1) is 9.81. The normalized spacial score (nSPS) is 11.3. The molecule has 2 aromatic rings. The molecule has 1 aromatic heterocycles. The minimum Gasteiger partial charge on any atom is -0.372 e. The maximum absolute atomic E-state index is 12.7. The Bertz CT molecular complexity index is 658. The Morgan fingerprint density at radius 1 is 1.33 bits per heavy atom. The largest absolute Gasteiger partial charge is 0.421 e. The summed E-state index contributed by atoms with van der Waals surface area (Å²) < 4.78 is 38.2. The van der Waals surface area contributed by atoms with Gasteiger partial charge < -0.3 is 10.6 Å². The van der Waals surface area contributed by atoms with Crippen molar-refractivity contribution in [3.05, 3.63) is 40.5 Å². The molecule has 0 aliphatic carbocycles. The number of aromatic nitrogens is 2. The molecule has 0 spiro atoms. The molecule has 1 aromatic carbocycles. The van der Waals surface area contributed by atoms with Gasteiger partial charge in [-0.25, -0.2) is 4.98 Å². The highest BCUT2D eigenvalue weighted by Gasteiger charge is 2.35. The number of hydrogen-bond acceptors (Lipinski definition) is 4. The second-order valence-electron chi connectivity index (χ2n) is 4.21. The molecule has 0 fully saturated rings. The number of nitrogens with zero attached hydrogens (tertiary/aromatic N) is 2. The van der Waals surface area contributed by atoms with E-state index in [9.17, 15) is 13.2 Å². The van der Waals surface area contributed by atoms with Gasteiger partial charge >= 0.3 is 6.18 Å². The van der Waals surface area contributed by atoms with Crippen LogP contribution in [-0.4, -0.2) is 17.0 Å². The second-order valence-corrected chi connectivity index (χ2v) is 4.61. The molecule has 1 heterocycles. The summed E-state index contributed by atoms with van der Waals surface area (Å²) in [6.07, 6.45) is -3.80. The smallest absolute Gasteiger partial charge is 0.372 e. The number of hydrogen-bond donors (Lipinski definition) is 2. The van der Waals surface area contributed by atoms with E-state index in [-0.39, 0.29) is 11.8 Å². The predicted octanol–water partition coefficient (Wildman–Crippen LogP) is 4.04. The standard InChI is InChI=1S/C13H11ClF3N4/c1-7-3-4-9(14)10(5-7)20-12-19-6-8(13(15,16)17)11(18-2)21-12/h4-6H,1-2H3,(H2,18,19,20,21). The maximum atomic E-state index is 12.7. The van der Waals surface area contributed by atoms with E-state index in [0.29, 0.717) is 10.7 Å². The molecule has 0 saturated heterocycles. The first-order valence-electron chi connectivity index (χ1n) is 5.88. The van der Waals surface area contributed by atoms with Crippen molar-refractivity contribution in [2.75, 3.05) is 17.7 Å². The molecule has 21 heavy (non-hydrogen) atoms. The van der Waals surface area contributed by atoms with E-state index in [1.807, 2.05) is 6.92 Å². The van der Waals surface area contributed by atoms with E-state index in [1.165, 1.54) is 7.05 Å². The molecule has 1 radical (unpaired) electrons. The third-order valence-electron chi connectivity index (χ3n) is 2.62. The van der Waals surface area contributed by atoms with Gasteiger partial charge in [0.1, 0.15) is 11.4 Å². The molecule has 0 aliphatic rings. The Morgan fingerprint density at radius 3 is 2.67 bits per heavy atom. The van der Waals surface area contributed by atoms with Crippen LogP contribution in [0.5, 0.6) is 0 Å². The summed E-state index contributed by atoms with van der Waals surface area (Å²) in [5, 5.41) is 5.56. The van der Waals surface area contributed by atoms with Gasteiger partial charge in [-0.2, -0.15) is 18.2 Å². The summed E-state index contributed by atoms with van der Waals surface area (Å²) >= 11 is 5.98. The van der Waals surface area contributed by atoms with Gasteiger partial charge in [0.25, 0.3) is 0 Å². The van der Waals surface area contributed by atoms with Crippen LogP contribution in [-0.2, 0) is 6.18 Å². The van der Waals surface area contributed by atoms with Crippen molar-refractivity contribution in [3.63, 3.8) is 0 Å². The number of rotatable bonds is 3. The fourth-order valence-electron chi connectivity index (χ4n) is 1.64. The molecule has 0 unspecified atom stereocenters. The van der Waals surface area contributed by atoms with Gasteiger partial charge in [0.15, 0.2) is 0 Å². The zero-order valence-electron chi connectivity index (χ0n) is 11.1. The zero-order valence-corrected chi connectivity index (χ0v) is 11.9. The van der Waals surface area contributed by atoms with E-state index in [0.717, 1.165) is 11.8 Å². The summed E-state index contributed by atoms with van der Waals surface area (Å²) in [4.78, 5) is 7.47. The highest BCUT2D eigenvalue weighted by Crippen LogP contribution is 2.34. The minimum absolute atomic E-state index is 0.0137. The van der Waals surface area contributed by atoms with Crippen molar-refractivity contribution < 1.29 is 13.2 Å². The van der Waals surface area contributed by atoms with E-state index in [1.54, 1.807) is 12.1 Å². The van der Waals surface area contributed by atoms with Gasteiger partial charge in [0.05, 0.1) is 10.7 Å². The van der Waals surface area contributed by atoms with Crippen molar-refractivity contribution in [2.24, 2.45) is 0 Å². The van der Waals surface area contributed by atoms with Crippen LogP contribution in [0.3, 0.4) is 0 Å². The number of nitrogens with one attached hydrogen (secondary N) is 2. The van der Waals surface area contributed by atoms with Gasteiger partial charge in [0.2, 0.25) is 5.95 Å². The van der Waals surface area contributed by atoms with Crippen LogP contribution in [0.4, 0.5) is 30.6 Å². The van der Waals surface area contributed by atoms with Gasteiger partial charge in [-0.15, -0.1) is 0 Å². The third kappa shape index (κ3) is 3.55. The summed E-state index contributed by atoms with van der Waals surface area (Å²) in [5.41, 5.74) is 0.386. The second kappa shape index (κ2) is 5.77. The van der Waals surface area contributed by atoms with E-state index < -0.39 is 11.7 Å². The summed E-state index contributed by atoms with van der Waals surface area (Å²) in [6.45, 7) is 1.81. The summed E-state index contributed by atoms with van der Waals surface area (Å²) in [5.74, 6) is -0.296. The van der Waals surface area contributed by atoms with Gasteiger partial charge in [0, 0.05) is 13.2 Å². The monoisotopic (exact) mass is 315 g/mol. The third-order valence-corrected chi connectivity index (χ3v) is 2.93. The molecule has 0 bridgehead atoms. The van der Waals surface area contributed by atoms with Crippen LogP contribution in [0.2, 0.25) is 5.02 Å². The van der Waals surface area contributed by atoms with E-state index in [2.05, 4.69) is 26.7 Å². The zero-order chi connectivity index (χ0) is 15.6. The number of aryl methyl sites for hydroxylation is 1. The predicted molar refractivity (Wildman–Crippen MR) is 74.9 cm³/mol. The van der Waals surface area contributed by atoms with Crippen LogP contribution >= 0.6 is 11.6 Å². The van der Waals surface area contributed by atoms with Crippen molar-refractivity contribution in [2.45, 2.75) is 13.1 Å². The van der Waals surface area contributed by atoms with Crippen molar-refractivity contribution >= 4 is 29.1 Å². The van der Waals surface area contributed by atoms with Crippen LogP contribution in [0.25, 0.3) is 0 Å². The van der Waals surface area contributed by atoms with Crippen LogP contribution in [0, 0.1) is 13.0 Å². The number of benzene rings is 1. The van der Waals surface area contributed by atoms with Crippen LogP contribution in [0.1, 0.15) is 11.1 Å². The lowest BCUT2D eigenvalue weighted by atomic mass is 10.2. The molecule has 2 N–H and O–H groups in total. The maximum Gasteiger partial charge on any atom is 0.421 e. The Labute approximate surface area is 124 Å². The van der Waals surface area contributed by atoms with E-state index >= 15 is 0 Å². The van der Waals surface area contributed by atoms with Gasteiger partial charge in [-0.1, -0.05) is 11.6 Å². The van der Waals surface area contributed by atoms with Gasteiger partial charge in [-0.05, 0) is 30.7 Å². The topological polar surface area (TPSA) is 49.8 Å². The highest BCUT2D eigenvalue weighted by atomic mass is 35.5. The molecule has 111 valence electrons. The SMILES string of the molecule is CNc1nc(Nc2cc(C)[c]cc2Cl)ncc1C(F)(F)F. The van der Waals surface area contributed by atoms with Crippen molar-refractivity contribution in [3.8, 4) is 0 Å². The Kier molecular flexibility index (Phi) is 4.22. The molecule has 0 atom stereocenters. The molecule has 0 aliphatic heterocycles. The van der Waals surface area contributed by atoms with Crippen LogP contribution < -0.4 is 10.6 Å². The van der Waals surface area contributed by atoms with Crippen molar-refractivity contribution in [1.82, 2.24) is 9.97 Å². The first-order valence-corrected chi connectivity index (χ1v) is 6.26. The van der Waals surface area contributed by atoms with Crippen LogP contribution in [0.15, 0.2) is 18.3 Å². The molecule has 0 saturated carbocycles. The fourth-order valence-corrected chi connectivity index (χ4v) is 1.79. The van der Waals surface area contributed by atoms with Gasteiger partial charge in [-0.3, -0.25) is 0 Å². The Balaban J connectivity index is 2.36. The Hall–Kier alpha value is -2.02. The fraction of sp³-hybridized carbons (Fsp3) is 0.231. The lowest BCUT2D eigenvalue weighted by Gasteiger charge is -2.13. The van der Waals surface area contributed by atoms with Crippen molar-refractivity contribution in [1.29, 1.82) is 0 Å². The molecule has 0 amide bonds. The number of alkyl halides is 3. The summed E-state index contributed by atoms with van der Waals surface area (Å²) in [6, 6.07) is 6.16. The lowest BCUT2D eigenvalue weighted by molar-refractivity contribution is -0.137. The molecule has 4 nitrogen and oxygen atoms in total. The number of halogens is 4. The first kappa shape index (κ1) is 15.4. The molecule has 8 heteroatoms. The highest BCUT2D eigenvalue weighted by molar-refractivity contribution is 6.33. The summed E-state index contributed by atoms with van der Waals surface area (Å²) in [7, 11) is 1.36. The quantitative estimate of drug-likeness (QED) is 0.897. The average Bonchev–Trinajstić information content (AvgIpc) is 2.41. The Morgan fingerprint density at radius 2 is 2.05 bits per heavy atom. The number of anilines is 3. The van der Waals surface area contributed by atoms with E-state index in [4.69, 9.17) is 11.6 Å². The average molecular weight is 316 g/mol. The minimum atomic E-state index is -4.52.